The Hall–Kier alpha value is -8.29. The molecule has 0 saturated heterocycles. The molecule has 10 aromatic rings. The third-order valence-electron chi connectivity index (χ3n) is 12.5. The van der Waals surface area contributed by atoms with Gasteiger partial charge in [0, 0.05) is 0 Å². The topological polar surface area (TPSA) is 71.4 Å². The van der Waals surface area contributed by atoms with Gasteiger partial charge in [-0.05, 0) is 195 Å². The molecule has 10 aromatic carbocycles. The van der Waals surface area contributed by atoms with Crippen LogP contribution in [0.25, 0.3) is 110 Å². The molecule has 0 amide bonds. The number of hydrogen-bond donors (Lipinski definition) is 0. The lowest BCUT2D eigenvalue weighted by Gasteiger charge is -2.18. The fourth-order valence-corrected chi connectivity index (χ4v) is 9.78. The smallest absolute Gasteiger partial charge is 0.0991 e. The van der Waals surface area contributed by atoms with E-state index >= 15 is 0 Å². The summed E-state index contributed by atoms with van der Waals surface area (Å²) in [5.41, 5.74) is 18.3. The summed E-state index contributed by atoms with van der Waals surface area (Å²) in [5, 5.41) is 38.0. The minimum absolute atomic E-state index is 0.634. The second kappa shape index (κ2) is 13.4. The summed E-state index contributed by atoms with van der Waals surface area (Å²) in [4.78, 5) is 0. The maximum Gasteiger partial charge on any atom is 0.0991 e. The Morgan fingerprint density at radius 3 is 1.32 bits per heavy atom. The van der Waals surface area contributed by atoms with Crippen LogP contribution in [0.1, 0.15) is 27.8 Å². The molecule has 0 heterocycles. The van der Waals surface area contributed by atoms with E-state index in [4.69, 9.17) is 0 Å². The van der Waals surface area contributed by atoms with Crippen molar-refractivity contribution >= 4 is 43.1 Å². The summed E-state index contributed by atoms with van der Waals surface area (Å²) in [6, 6.07) is 64.4. The maximum absolute atomic E-state index is 9.67. The van der Waals surface area contributed by atoms with E-state index in [1.54, 1.807) is 0 Å². The second-order valence-corrected chi connectivity index (χ2v) is 15.9. The van der Waals surface area contributed by atoms with E-state index in [1.807, 2.05) is 48.5 Å². The molecule has 0 fully saturated rings. The number of fused-ring (bicyclic) bond motifs is 8. The molecule has 11 rings (SSSR count). The predicted molar refractivity (Wildman–Crippen MR) is 246 cm³/mol. The van der Waals surface area contributed by atoms with Crippen LogP contribution in [0.3, 0.4) is 0 Å². The molecule has 0 bridgehead atoms. The lowest BCUT2D eigenvalue weighted by atomic mass is 9.86. The Morgan fingerprint density at radius 2 is 0.733 bits per heavy atom. The maximum atomic E-state index is 9.67. The van der Waals surface area contributed by atoms with Crippen molar-refractivity contribution in [3.05, 3.63) is 192 Å². The lowest BCUT2D eigenvalue weighted by molar-refractivity contribution is 1.38. The molecule has 60 heavy (non-hydrogen) atoms. The van der Waals surface area contributed by atoms with Gasteiger partial charge in [-0.3, -0.25) is 0 Å². The van der Waals surface area contributed by atoms with Crippen LogP contribution in [-0.2, 0) is 0 Å². The van der Waals surface area contributed by atoms with Gasteiger partial charge in [-0.2, -0.15) is 15.8 Å². The van der Waals surface area contributed by atoms with Crippen molar-refractivity contribution < 1.29 is 0 Å². The third-order valence-corrected chi connectivity index (χ3v) is 12.5. The highest BCUT2D eigenvalue weighted by Gasteiger charge is 2.26. The van der Waals surface area contributed by atoms with Crippen molar-refractivity contribution in [2.24, 2.45) is 0 Å². The molecule has 0 atom stereocenters. The molecule has 1 aliphatic rings. The van der Waals surface area contributed by atoms with E-state index in [9.17, 15) is 15.8 Å². The van der Waals surface area contributed by atoms with E-state index in [0.29, 0.717) is 16.7 Å². The monoisotopic (exact) mass is 759 g/mol. The largest absolute Gasteiger partial charge is 0.192 e. The van der Waals surface area contributed by atoms with Gasteiger partial charge in [-0.25, -0.2) is 0 Å². The van der Waals surface area contributed by atoms with Crippen molar-refractivity contribution in [3.8, 4) is 85.0 Å². The summed E-state index contributed by atoms with van der Waals surface area (Å²) >= 11 is 0. The summed E-state index contributed by atoms with van der Waals surface area (Å²) < 4.78 is 0. The highest BCUT2D eigenvalue weighted by Crippen LogP contribution is 2.53. The van der Waals surface area contributed by atoms with Crippen LogP contribution >= 0.6 is 0 Å². The van der Waals surface area contributed by atoms with Crippen LogP contribution in [-0.4, -0.2) is 0 Å². The predicted octanol–water partition coefficient (Wildman–Crippen LogP) is 14.8. The zero-order chi connectivity index (χ0) is 40.6. The standard InChI is InChI=1S/C57H33N3/c1-33-24-41(38-16-10-35(30-58)11-17-38)25-34(2)56(33)46-22-23-47-52-29-55-53(28-51(52)45-9-5-8-44(46)57(45)47)49(40-20-14-37(32-60)15-21-40)27-50-43-7-4-3-6-42(43)48(26-54(50)55)39-18-12-36(31-59)13-19-39/h3-29H,1-2H3. The van der Waals surface area contributed by atoms with Crippen molar-refractivity contribution in [2.75, 3.05) is 0 Å². The Morgan fingerprint density at radius 1 is 0.300 bits per heavy atom. The number of nitriles is 3. The fourth-order valence-electron chi connectivity index (χ4n) is 9.78. The Balaban J connectivity index is 1.16. The Kier molecular flexibility index (Phi) is 7.80. The van der Waals surface area contributed by atoms with Crippen molar-refractivity contribution in [3.63, 3.8) is 0 Å². The molecule has 276 valence electrons. The van der Waals surface area contributed by atoms with Gasteiger partial charge in [-0.15, -0.1) is 0 Å². The summed E-state index contributed by atoms with van der Waals surface area (Å²) in [7, 11) is 0. The average molecular weight is 760 g/mol. The zero-order valence-electron chi connectivity index (χ0n) is 32.9. The van der Waals surface area contributed by atoms with Crippen molar-refractivity contribution in [1.82, 2.24) is 0 Å². The number of rotatable bonds is 4. The molecule has 0 radical (unpaired) electrons. The zero-order valence-corrected chi connectivity index (χ0v) is 32.9. The van der Waals surface area contributed by atoms with E-state index in [1.165, 1.54) is 71.4 Å². The average Bonchev–Trinajstić information content (AvgIpc) is 3.61. The van der Waals surface area contributed by atoms with Gasteiger partial charge >= 0.3 is 0 Å². The fraction of sp³-hybridized carbons (Fsp3) is 0.0351. The van der Waals surface area contributed by atoms with E-state index in [2.05, 4.69) is 147 Å². The van der Waals surface area contributed by atoms with E-state index < -0.39 is 0 Å². The van der Waals surface area contributed by atoms with E-state index in [-0.39, 0.29) is 0 Å². The molecular formula is C57H33N3. The minimum Gasteiger partial charge on any atom is -0.192 e. The van der Waals surface area contributed by atoms with Crippen LogP contribution < -0.4 is 0 Å². The minimum atomic E-state index is 0.634. The molecule has 0 aromatic heterocycles. The molecule has 0 unspecified atom stereocenters. The van der Waals surface area contributed by atoms with Gasteiger partial charge in [0.05, 0.1) is 34.9 Å². The van der Waals surface area contributed by atoms with Crippen LogP contribution in [0.15, 0.2) is 164 Å². The SMILES string of the molecule is Cc1cc(-c2ccc(C#N)cc2)cc(C)c1-c1ccc2c3c(cccc13)-c1cc3c(-c4ccc(C#N)cc4)cc4c5ccccc5c(-c5ccc(C#N)cc5)cc4c3cc1-2. The molecule has 0 saturated carbocycles. The van der Waals surface area contributed by atoms with Gasteiger partial charge in [0.1, 0.15) is 0 Å². The molecule has 3 nitrogen and oxygen atoms in total. The van der Waals surface area contributed by atoms with Gasteiger partial charge in [0.25, 0.3) is 0 Å². The van der Waals surface area contributed by atoms with Gasteiger partial charge in [0.2, 0.25) is 0 Å². The van der Waals surface area contributed by atoms with Gasteiger partial charge in [0.15, 0.2) is 0 Å². The number of benzene rings is 10. The summed E-state index contributed by atoms with van der Waals surface area (Å²) in [5.74, 6) is 0. The third kappa shape index (κ3) is 5.26. The molecule has 0 spiro atoms. The highest BCUT2D eigenvalue weighted by atomic mass is 14.3. The van der Waals surface area contributed by atoms with Crippen LogP contribution in [0.4, 0.5) is 0 Å². The Bertz CT molecular complexity index is 3590. The van der Waals surface area contributed by atoms with Crippen LogP contribution in [0.2, 0.25) is 0 Å². The lowest BCUT2D eigenvalue weighted by Crippen LogP contribution is -1.92. The number of aryl methyl sites for hydroxylation is 2. The molecule has 1 aliphatic carbocycles. The molecule has 3 heteroatoms. The number of hydrogen-bond acceptors (Lipinski definition) is 3. The molecular weight excluding hydrogens is 727 g/mol. The first-order valence-corrected chi connectivity index (χ1v) is 20.1. The first-order valence-electron chi connectivity index (χ1n) is 20.1. The highest BCUT2D eigenvalue weighted by molar-refractivity contribution is 6.27. The summed E-state index contributed by atoms with van der Waals surface area (Å²) in [6.07, 6.45) is 0. The van der Waals surface area contributed by atoms with Crippen LogP contribution in [0, 0.1) is 47.8 Å². The van der Waals surface area contributed by atoms with Gasteiger partial charge < -0.3 is 0 Å². The normalized spacial score (nSPS) is 11.4. The van der Waals surface area contributed by atoms with Gasteiger partial charge in [-0.1, -0.05) is 103 Å². The Labute approximate surface area is 347 Å². The first kappa shape index (κ1) is 34.9. The quantitative estimate of drug-likeness (QED) is 0.168. The molecule has 0 N–H and O–H groups in total. The van der Waals surface area contributed by atoms with Crippen molar-refractivity contribution in [1.29, 1.82) is 15.8 Å². The van der Waals surface area contributed by atoms with E-state index in [0.717, 1.165) is 49.5 Å². The number of nitrogens with zero attached hydrogens (tertiary/aromatic N) is 3. The van der Waals surface area contributed by atoms with Crippen molar-refractivity contribution in [2.45, 2.75) is 13.8 Å². The second-order valence-electron chi connectivity index (χ2n) is 15.9. The molecule has 0 aliphatic heterocycles. The first-order chi connectivity index (χ1) is 29.4. The summed E-state index contributed by atoms with van der Waals surface area (Å²) in [6.45, 7) is 4.40. The van der Waals surface area contributed by atoms with Crippen LogP contribution in [0.5, 0.6) is 0 Å².